The molecule has 360 valence electrons. The number of hydrogen-bond donors (Lipinski definition) is 3. The number of hydrogen-bond acceptors (Lipinski definition) is 12. The molecule has 1 spiro atoms. The predicted molar refractivity (Wildman–Crippen MR) is 248 cm³/mol. The molecular formula is C48H50F3N11O6S. The van der Waals surface area contributed by atoms with Crippen molar-refractivity contribution in [2.75, 3.05) is 66.9 Å². The van der Waals surface area contributed by atoms with Crippen LogP contribution in [0.1, 0.15) is 83.2 Å². The van der Waals surface area contributed by atoms with Crippen LogP contribution < -0.4 is 19.8 Å². The third kappa shape index (κ3) is 8.36. The van der Waals surface area contributed by atoms with E-state index in [1.54, 1.807) is 29.6 Å². The third-order valence-corrected chi connectivity index (χ3v) is 16.7. The third-order valence-electron chi connectivity index (χ3n) is 15.2. The van der Waals surface area contributed by atoms with Crippen molar-refractivity contribution in [1.82, 2.24) is 39.4 Å². The number of imide groups is 1. The summed E-state index contributed by atoms with van der Waals surface area (Å²) in [4.78, 5) is 76.8. The Morgan fingerprint density at radius 2 is 1.59 bits per heavy atom. The Morgan fingerprint density at radius 1 is 0.841 bits per heavy atom. The molecule has 5 fully saturated rings. The Balaban J connectivity index is 0.692. The average molecular weight is 966 g/mol. The molecule has 6 aliphatic rings. The number of ketones is 1. The van der Waals surface area contributed by atoms with Gasteiger partial charge in [0.1, 0.15) is 23.7 Å². The van der Waals surface area contributed by atoms with Crippen molar-refractivity contribution >= 4 is 62.1 Å². The second-order valence-corrected chi connectivity index (χ2v) is 20.9. The van der Waals surface area contributed by atoms with E-state index >= 15 is 8.78 Å². The first-order valence-corrected chi connectivity index (χ1v) is 24.9. The van der Waals surface area contributed by atoms with Crippen LogP contribution in [-0.2, 0) is 26.3 Å². The largest absolute Gasteiger partial charge is 0.371 e. The number of pyridine rings is 1. The van der Waals surface area contributed by atoms with E-state index < -0.39 is 63.5 Å². The minimum Gasteiger partial charge on any atom is -0.371 e. The van der Waals surface area contributed by atoms with Gasteiger partial charge < -0.3 is 19.7 Å². The predicted octanol–water partition coefficient (Wildman–Crippen LogP) is 4.95. The number of nitrogens with one attached hydrogen (secondary N) is 3. The lowest BCUT2D eigenvalue weighted by Crippen LogP contribution is -2.52. The minimum absolute atomic E-state index is 0.00251. The summed E-state index contributed by atoms with van der Waals surface area (Å²) in [7, 11) is -4.37. The van der Waals surface area contributed by atoms with Gasteiger partial charge in [-0.3, -0.25) is 34.1 Å². The van der Waals surface area contributed by atoms with E-state index in [0.29, 0.717) is 47.3 Å². The van der Waals surface area contributed by atoms with Crippen molar-refractivity contribution in [3.63, 3.8) is 0 Å². The fourth-order valence-electron chi connectivity index (χ4n) is 11.2. The van der Waals surface area contributed by atoms with Gasteiger partial charge in [0.05, 0.1) is 11.3 Å². The summed E-state index contributed by atoms with van der Waals surface area (Å²) < 4.78 is 73.2. The topological polar surface area (TPSA) is 197 Å². The highest BCUT2D eigenvalue weighted by molar-refractivity contribution is 7.90. The Hall–Kier alpha value is -6.45. The quantitative estimate of drug-likeness (QED) is 0.126. The Morgan fingerprint density at radius 3 is 2.33 bits per heavy atom. The lowest BCUT2D eigenvalue weighted by molar-refractivity contribution is -0.136. The molecule has 21 heteroatoms. The number of halogens is 3. The molecule has 0 aliphatic carbocycles. The molecule has 5 saturated heterocycles. The molecule has 2 atom stereocenters. The van der Waals surface area contributed by atoms with Crippen LogP contribution in [-0.4, -0.2) is 137 Å². The molecule has 0 radical (unpaired) electrons. The maximum absolute atomic E-state index is 15.8. The van der Waals surface area contributed by atoms with Crippen LogP contribution in [0.4, 0.5) is 30.5 Å². The molecule has 69 heavy (non-hydrogen) atoms. The lowest BCUT2D eigenvalue weighted by atomic mass is 9.78. The van der Waals surface area contributed by atoms with Crippen LogP contribution in [0.15, 0.2) is 61.2 Å². The molecule has 0 saturated carbocycles. The van der Waals surface area contributed by atoms with Crippen LogP contribution in [0, 0.1) is 17.0 Å². The molecule has 3 N–H and O–H groups in total. The summed E-state index contributed by atoms with van der Waals surface area (Å²) in [5, 5.41) is 2.66. The number of amides is 3. The molecule has 5 aromatic rings. The highest BCUT2D eigenvalue weighted by atomic mass is 32.2. The number of nitrogens with zero attached hydrogens (tertiary/aromatic N) is 8. The number of aromatic nitrogens is 4. The van der Waals surface area contributed by atoms with Gasteiger partial charge in [0, 0.05) is 123 Å². The number of alkyl halides is 1. The SMILES string of the molecule is O=C1CCC(N2Cc3cc(N4CCC(N5CCC6(CCN(c7ncc(-c8cnc9[nH]cc(C(=O)c%10c(F)ccc(NS(=O)(=O)N%11CC[C@@H](F)C%11)c%10F)c9c8)cn7)CC6)C5)CC4)ccc3C2=O)C(=O)N1. The van der Waals surface area contributed by atoms with Crippen molar-refractivity contribution in [3.05, 3.63) is 95.1 Å². The van der Waals surface area contributed by atoms with Crippen molar-refractivity contribution in [2.45, 2.75) is 76.2 Å². The number of likely N-dealkylation sites (tertiary alicyclic amines) is 1. The number of aromatic amines is 1. The molecular weight excluding hydrogens is 916 g/mol. The van der Waals surface area contributed by atoms with Crippen molar-refractivity contribution in [1.29, 1.82) is 0 Å². The molecule has 2 aromatic carbocycles. The maximum atomic E-state index is 15.8. The van der Waals surface area contributed by atoms with Gasteiger partial charge in [-0.05, 0) is 98.9 Å². The second-order valence-electron chi connectivity index (χ2n) is 19.2. The molecule has 3 amide bonds. The fraction of sp³-hybridized carbons (Fsp3) is 0.438. The van der Waals surface area contributed by atoms with Gasteiger partial charge in [-0.15, -0.1) is 0 Å². The Labute approximate surface area is 395 Å². The van der Waals surface area contributed by atoms with Crippen molar-refractivity contribution < 1.29 is 40.8 Å². The number of carbonyl (C=O) groups excluding carboxylic acids is 4. The minimum atomic E-state index is -4.37. The van der Waals surface area contributed by atoms with E-state index in [1.807, 2.05) is 16.9 Å². The summed E-state index contributed by atoms with van der Waals surface area (Å²) in [5.41, 5.74) is 2.67. The maximum Gasteiger partial charge on any atom is 0.301 e. The summed E-state index contributed by atoms with van der Waals surface area (Å²) >= 11 is 0. The average Bonchev–Trinajstić information content (AvgIpc) is 4.16. The smallest absolute Gasteiger partial charge is 0.301 e. The van der Waals surface area contributed by atoms with E-state index in [4.69, 9.17) is 9.97 Å². The molecule has 17 nitrogen and oxygen atoms in total. The van der Waals surface area contributed by atoms with Crippen LogP contribution in [0.25, 0.3) is 22.2 Å². The molecule has 0 bridgehead atoms. The first-order valence-electron chi connectivity index (χ1n) is 23.5. The van der Waals surface area contributed by atoms with Gasteiger partial charge >= 0.3 is 10.2 Å². The highest BCUT2D eigenvalue weighted by Crippen LogP contribution is 2.43. The zero-order valence-corrected chi connectivity index (χ0v) is 38.4. The Kier molecular flexibility index (Phi) is 11.4. The van der Waals surface area contributed by atoms with E-state index in [9.17, 15) is 32.0 Å². The van der Waals surface area contributed by atoms with E-state index in [1.165, 1.54) is 6.20 Å². The zero-order valence-electron chi connectivity index (χ0n) is 37.6. The number of anilines is 3. The summed E-state index contributed by atoms with van der Waals surface area (Å²) in [6.07, 6.45) is 10.8. The standard InChI is InChI=1S/C48H50F3N11O6S/c49-31-7-15-61(26-31)69(67,68)57-38-4-3-37(50)41(42(38)51)43(64)36-24-53-44-35(36)20-28(21-52-44)30-22-54-47(55-23-30)59-16-10-48(11-17-59)12-18-60(27-48)32-8-13-58(14-9-32)33-1-2-34-29(19-33)25-62(46(34)66)39-5-6-40(63)56-45(39)65/h1-4,19-24,31-32,39,57H,5-18,25-27H2,(H,52,53)(H,56,63,65)/t31-,39?/m1/s1. The first-order chi connectivity index (χ1) is 33.2. The molecule has 6 aliphatic heterocycles. The number of H-pyrrole nitrogens is 1. The molecule has 11 rings (SSSR count). The van der Waals surface area contributed by atoms with Crippen molar-refractivity contribution in [2.24, 2.45) is 5.41 Å². The van der Waals surface area contributed by atoms with Gasteiger partial charge in [0.25, 0.3) is 5.91 Å². The van der Waals surface area contributed by atoms with Crippen LogP contribution in [0.3, 0.4) is 0 Å². The second kappa shape index (κ2) is 17.5. The fourth-order valence-corrected chi connectivity index (χ4v) is 12.5. The Bertz CT molecular complexity index is 3010. The van der Waals surface area contributed by atoms with Gasteiger partial charge in [-0.2, -0.15) is 12.7 Å². The normalized spacial score (nSPS) is 22.5. The van der Waals surface area contributed by atoms with Crippen LogP contribution in [0.5, 0.6) is 0 Å². The van der Waals surface area contributed by atoms with Crippen LogP contribution in [0.2, 0.25) is 0 Å². The molecule has 1 unspecified atom stereocenters. The van der Waals surface area contributed by atoms with Gasteiger partial charge in [0.15, 0.2) is 5.82 Å². The number of rotatable bonds is 10. The summed E-state index contributed by atoms with van der Waals surface area (Å²) in [5.74, 6) is -3.86. The first kappa shape index (κ1) is 45.0. The van der Waals surface area contributed by atoms with Gasteiger partial charge in [-0.25, -0.2) is 28.1 Å². The molecule has 9 heterocycles. The number of benzene rings is 2. The van der Waals surface area contributed by atoms with Crippen molar-refractivity contribution in [3.8, 4) is 11.1 Å². The van der Waals surface area contributed by atoms with Gasteiger partial charge in [0.2, 0.25) is 23.5 Å². The molecule has 3 aromatic heterocycles. The monoisotopic (exact) mass is 965 g/mol. The van der Waals surface area contributed by atoms with Gasteiger partial charge in [-0.1, -0.05) is 0 Å². The van der Waals surface area contributed by atoms with E-state index in [2.05, 4.69) is 36.1 Å². The number of fused-ring (bicyclic) bond motifs is 2. The lowest BCUT2D eigenvalue weighted by Gasteiger charge is -2.41. The van der Waals surface area contributed by atoms with Crippen LogP contribution >= 0.6 is 0 Å². The summed E-state index contributed by atoms with van der Waals surface area (Å²) in [6.45, 7) is 5.47. The highest BCUT2D eigenvalue weighted by Gasteiger charge is 2.44. The van der Waals surface area contributed by atoms with E-state index in [-0.39, 0.29) is 47.6 Å². The summed E-state index contributed by atoms with van der Waals surface area (Å²) in [6, 6.07) is 9.19. The number of carbonyl (C=O) groups is 4. The van der Waals surface area contributed by atoms with E-state index in [0.717, 1.165) is 99.1 Å². The zero-order chi connectivity index (χ0) is 47.8. The number of piperidine rings is 3.